The van der Waals surface area contributed by atoms with Crippen molar-refractivity contribution in [3.63, 3.8) is 0 Å². The van der Waals surface area contributed by atoms with Gasteiger partial charge >= 0.3 is 0 Å². The third-order valence-electron chi connectivity index (χ3n) is 7.10. The smallest absolute Gasteiger partial charge is 0.281 e. The number of anilines is 2. The average molecular weight is 506 g/mol. The number of nitrogens with two attached hydrogens (primary N) is 1. The number of pyridine rings is 2. The Bertz CT molecular complexity index is 1580. The predicted octanol–water partition coefficient (Wildman–Crippen LogP) is 3.35. The molecule has 1 aliphatic heterocycles. The number of nitrogens with zero attached hydrogens (tertiary/aromatic N) is 4. The zero-order valence-electron chi connectivity index (χ0n) is 20.2. The molecule has 4 aromatic rings. The molecular formula is C25H27N7O3S. The number of sulfonamides is 1. The number of H-pyrrole nitrogens is 1. The third kappa shape index (κ3) is 4.05. The van der Waals surface area contributed by atoms with E-state index in [0.717, 1.165) is 22.9 Å². The van der Waals surface area contributed by atoms with Crippen molar-refractivity contribution >= 4 is 38.5 Å². The van der Waals surface area contributed by atoms with Crippen LogP contribution in [0, 0.1) is 5.92 Å². The molecular weight excluding hydrogens is 478 g/mol. The van der Waals surface area contributed by atoms with E-state index in [1.165, 1.54) is 18.2 Å². The molecule has 1 aliphatic rings. The van der Waals surface area contributed by atoms with Crippen molar-refractivity contribution in [1.82, 2.24) is 24.9 Å². The van der Waals surface area contributed by atoms with Gasteiger partial charge in [0.2, 0.25) is 0 Å². The first-order chi connectivity index (χ1) is 17.1. The van der Waals surface area contributed by atoms with Gasteiger partial charge < -0.3 is 10.6 Å². The molecule has 10 nitrogen and oxygen atoms in total. The van der Waals surface area contributed by atoms with Crippen LogP contribution in [0.15, 0.2) is 59.9 Å². The van der Waals surface area contributed by atoms with E-state index >= 15 is 0 Å². The van der Waals surface area contributed by atoms with Crippen LogP contribution in [0.1, 0.15) is 37.6 Å². The number of fused-ring (bicyclic) bond motifs is 1. The van der Waals surface area contributed by atoms with Gasteiger partial charge in [0.15, 0.2) is 5.03 Å². The molecule has 1 saturated heterocycles. The Kier molecular flexibility index (Phi) is 5.67. The maximum atomic E-state index is 13.6. The molecule has 1 fully saturated rings. The molecule has 0 saturated carbocycles. The SMILES string of the molecule is CC1CCN(c2ncc(-c3cccc4[nH]ncc34)cc2C(=O)NS(=O)(=O)c2cccc(N)n2)C1(C)C. The molecule has 0 radical (unpaired) electrons. The topological polar surface area (TPSA) is 147 Å². The molecule has 4 N–H and O–H groups in total. The number of amides is 1. The lowest BCUT2D eigenvalue weighted by Crippen LogP contribution is -2.43. The normalized spacial score (nSPS) is 17.4. The Hall–Kier alpha value is -3.99. The summed E-state index contributed by atoms with van der Waals surface area (Å²) in [6.07, 6.45) is 4.34. The fourth-order valence-electron chi connectivity index (χ4n) is 4.63. The van der Waals surface area contributed by atoms with Crippen LogP contribution < -0.4 is 15.4 Å². The number of carbonyl (C=O) groups is 1. The van der Waals surface area contributed by atoms with Crippen LogP contribution in [0.4, 0.5) is 11.6 Å². The summed E-state index contributed by atoms with van der Waals surface area (Å²) < 4.78 is 28.1. The largest absolute Gasteiger partial charge is 0.384 e. The Labute approximate surface area is 209 Å². The van der Waals surface area contributed by atoms with E-state index in [2.05, 4.69) is 45.6 Å². The summed E-state index contributed by atoms with van der Waals surface area (Å²) in [6.45, 7) is 7.05. The van der Waals surface area contributed by atoms with Gasteiger partial charge in [-0.15, -0.1) is 0 Å². The molecule has 4 heterocycles. The van der Waals surface area contributed by atoms with Gasteiger partial charge in [-0.25, -0.2) is 14.7 Å². The lowest BCUT2D eigenvalue weighted by atomic mass is 9.90. The van der Waals surface area contributed by atoms with Crippen molar-refractivity contribution in [1.29, 1.82) is 0 Å². The quantitative estimate of drug-likeness (QED) is 0.374. The number of hydrogen-bond donors (Lipinski definition) is 3. The number of aromatic amines is 1. The Morgan fingerprint density at radius 1 is 1.19 bits per heavy atom. The highest BCUT2D eigenvalue weighted by atomic mass is 32.2. The van der Waals surface area contributed by atoms with E-state index in [4.69, 9.17) is 10.7 Å². The van der Waals surface area contributed by atoms with Crippen molar-refractivity contribution in [2.24, 2.45) is 5.92 Å². The fraction of sp³-hybridized carbons (Fsp3) is 0.280. The van der Waals surface area contributed by atoms with Crippen LogP contribution in [-0.4, -0.2) is 46.6 Å². The van der Waals surface area contributed by atoms with E-state index < -0.39 is 15.9 Å². The number of nitrogens with one attached hydrogen (secondary N) is 2. The zero-order chi connectivity index (χ0) is 25.7. The van der Waals surface area contributed by atoms with Gasteiger partial charge in [0.05, 0.1) is 17.3 Å². The monoisotopic (exact) mass is 505 g/mol. The summed E-state index contributed by atoms with van der Waals surface area (Å²) >= 11 is 0. The third-order valence-corrected chi connectivity index (χ3v) is 8.33. The van der Waals surface area contributed by atoms with Crippen LogP contribution >= 0.6 is 0 Å². The molecule has 0 bridgehead atoms. The van der Waals surface area contributed by atoms with E-state index in [1.54, 1.807) is 18.5 Å². The molecule has 5 rings (SSSR count). The van der Waals surface area contributed by atoms with Crippen LogP contribution in [0.2, 0.25) is 0 Å². The fourth-order valence-corrected chi connectivity index (χ4v) is 5.57. The molecule has 1 aromatic carbocycles. The molecule has 36 heavy (non-hydrogen) atoms. The maximum absolute atomic E-state index is 13.6. The Morgan fingerprint density at radius 3 is 2.69 bits per heavy atom. The van der Waals surface area contributed by atoms with E-state index in [1.807, 2.05) is 18.2 Å². The first-order valence-corrected chi connectivity index (χ1v) is 13.1. The van der Waals surface area contributed by atoms with E-state index in [-0.39, 0.29) is 21.9 Å². The lowest BCUT2D eigenvalue weighted by Gasteiger charge is -2.36. The molecule has 1 unspecified atom stereocenters. The first kappa shape index (κ1) is 23.7. The number of benzene rings is 1. The molecule has 0 spiro atoms. The molecule has 1 atom stereocenters. The number of rotatable bonds is 5. The minimum atomic E-state index is -4.27. The Balaban J connectivity index is 1.62. The number of nitrogen functional groups attached to an aromatic ring is 1. The van der Waals surface area contributed by atoms with Crippen molar-refractivity contribution in [2.75, 3.05) is 17.2 Å². The summed E-state index contributed by atoms with van der Waals surface area (Å²) in [5, 5.41) is 7.58. The predicted molar refractivity (Wildman–Crippen MR) is 138 cm³/mol. The van der Waals surface area contributed by atoms with E-state index in [0.29, 0.717) is 23.8 Å². The van der Waals surface area contributed by atoms with Crippen molar-refractivity contribution in [2.45, 2.75) is 37.8 Å². The number of hydrogen-bond acceptors (Lipinski definition) is 8. The van der Waals surface area contributed by atoms with Crippen LogP contribution in [-0.2, 0) is 10.0 Å². The van der Waals surface area contributed by atoms with Crippen LogP contribution in [0.5, 0.6) is 0 Å². The van der Waals surface area contributed by atoms with Crippen LogP contribution in [0.3, 0.4) is 0 Å². The molecule has 11 heteroatoms. The second kappa shape index (κ2) is 8.59. The van der Waals surface area contributed by atoms with Gasteiger partial charge in [0.1, 0.15) is 11.6 Å². The second-order valence-corrected chi connectivity index (χ2v) is 11.2. The van der Waals surface area contributed by atoms with Crippen LogP contribution in [0.25, 0.3) is 22.0 Å². The highest BCUT2D eigenvalue weighted by Gasteiger charge is 2.41. The summed E-state index contributed by atoms with van der Waals surface area (Å²) in [5.74, 6) is 0.0319. The molecule has 186 valence electrons. The van der Waals surface area contributed by atoms with E-state index in [9.17, 15) is 13.2 Å². The summed E-state index contributed by atoms with van der Waals surface area (Å²) in [7, 11) is -4.27. The minimum absolute atomic E-state index is 0.0377. The highest BCUT2D eigenvalue weighted by molar-refractivity contribution is 7.90. The average Bonchev–Trinajstić information content (AvgIpc) is 3.42. The molecule has 0 aliphatic carbocycles. The first-order valence-electron chi connectivity index (χ1n) is 11.6. The summed E-state index contributed by atoms with van der Waals surface area (Å²) in [4.78, 5) is 24.2. The lowest BCUT2D eigenvalue weighted by molar-refractivity contribution is 0.0981. The van der Waals surface area contributed by atoms with Crippen molar-refractivity contribution in [3.8, 4) is 11.1 Å². The molecule has 3 aromatic heterocycles. The van der Waals surface area contributed by atoms with Gasteiger partial charge in [0.25, 0.3) is 15.9 Å². The second-order valence-electron chi connectivity index (χ2n) is 9.56. The molecule has 1 amide bonds. The zero-order valence-corrected chi connectivity index (χ0v) is 21.0. The van der Waals surface area contributed by atoms with Gasteiger partial charge in [-0.1, -0.05) is 25.1 Å². The highest BCUT2D eigenvalue weighted by Crippen LogP contribution is 2.39. The van der Waals surface area contributed by atoms with Crippen molar-refractivity contribution < 1.29 is 13.2 Å². The summed E-state index contributed by atoms with van der Waals surface area (Å²) in [6, 6.07) is 11.6. The standard InChI is InChI=1S/C25H27N7O3S/c1-15-10-11-32(25(15,2)3)23-18(24(33)31-36(34,35)22-9-5-8-21(26)29-22)12-16(13-27-23)17-6-4-7-20-19(17)14-28-30-20/h4-9,12-15H,10-11H2,1-3H3,(H2,26,29)(H,28,30)(H,31,33). The van der Waals surface area contributed by atoms with Gasteiger partial charge in [-0.2, -0.15) is 13.5 Å². The maximum Gasteiger partial charge on any atom is 0.281 e. The minimum Gasteiger partial charge on any atom is -0.384 e. The van der Waals surface area contributed by atoms with Gasteiger partial charge in [-0.3, -0.25) is 9.89 Å². The summed E-state index contributed by atoms with van der Waals surface area (Å²) in [5.41, 5.74) is 7.87. The Morgan fingerprint density at radius 2 is 1.97 bits per heavy atom. The van der Waals surface area contributed by atoms with Crippen molar-refractivity contribution in [3.05, 3.63) is 60.4 Å². The van der Waals surface area contributed by atoms with Gasteiger partial charge in [0, 0.05) is 29.2 Å². The number of aromatic nitrogens is 4. The number of carbonyl (C=O) groups excluding carboxylic acids is 1. The van der Waals surface area contributed by atoms with Gasteiger partial charge in [-0.05, 0) is 56.0 Å².